The molecule has 3 rings (SSSR count). The van der Waals surface area contributed by atoms with Gasteiger partial charge in [0.05, 0.1) is 6.10 Å². The third-order valence-corrected chi connectivity index (χ3v) is 6.50. The van der Waals surface area contributed by atoms with Crippen LogP contribution in [-0.4, -0.2) is 41.6 Å². The third-order valence-electron chi connectivity index (χ3n) is 5.63. The van der Waals surface area contributed by atoms with Gasteiger partial charge in [0.1, 0.15) is 10.7 Å². The maximum Gasteiger partial charge on any atom is 0.273 e. The fourth-order valence-electron chi connectivity index (χ4n) is 4.40. The lowest BCUT2D eigenvalue weighted by atomic mass is 9.54. The van der Waals surface area contributed by atoms with Crippen molar-refractivity contribution in [2.45, 2.75) is 64.1 Å². The fraction of sp³-hybridized carbons (Fsp3) is 0.765. The van der Waals surface area contributed by atoms with E-state index in [1.807, 2.05) is 17.3 Å². The Balaban J connectivity index is 1.75. The van der Waals surface area contributed by atoms with Gasteiger partial charge in [-0.3, -0.25) is 4.79 Å². The Labute approximate surface area is 142 Å². The van der Waals surface area contributed by atoms with Crippen molar-refractivity contribution in [3.05, 3.63) is 16.1 Å². The van der Waals surface area contributed by atoms with Gasteiger partial charge in [0.25, 0.3) is 5.91 Å². The molecule has 1 aromatic rings. The number of ether oxygens (including phenoxy) is 1. The highest BCUT2D eigenvalue weighted by Gasteiger charge is 2.57. The second-order valence-corrected chi connectivity index (χ2v) is 7.68. The number of rotatable bonds is 5. The normalized spacial score (nSPS) is 26.0. The molecule has 1 spiro atoms. The lowest BCUT2D eigenvalue weighted by Gasteiger charge is -2.60. The van der Waals surface area contributed by atoms with E-state index in [1.54, 1.807) is 0 Å². The molecule has 128 valence electrons. The van der Waals surface area contributed by atoms with Gasteiger partial charge in [-0.05, 0) is 26.2 Å². The summed E-state index contributed by atoms with van der Waals surface area (Å²) in [6, 6.07) is 0.273. The van der Waals surface area contributed by atoms with Crippen LogP contribution < -0.4 is 5.73 Å². The van der Waals surface area contributed by atoms with Crippen LogP contribution in [0.4, 0.5) is 0 Å². The predicted molar refractivity (Wildman–Crippen MR) is 91.4 cm³/mol. The number of amides is 1. The van der Waals surface area contributed by atoms with Gasteiger partial charge in [0, 0.05) is 37.0 Å². The van der Waals surface area contributed by atoms with Crippen molar-refractivity contribution >= 4 is 17.2 Å². The van der Waals surface area contributed by atoms with Crippen LogP contribution in [0, 0.1) is 5.41 Å². The van der Waals surface area contributed by atoms with Gasteiger partial charge < -0.3 is 15.4 Å². The number of nitrogens with two attached hydrogens (primary N) is 1. The van der Waals surface area contributed by atoms with Crippen LogP contribution in [0.2, 0.25) is 0 Å². The number of carbonyl (C=O) groups excluding carboxylic acids is 1. The van der Waals surface area contributed by atoms with E-state index in [1.165, 1.54) is 43.4 Å². The van der Waals surface area contributed by atoms with E-state index >= 15 is 0 Å². The van der Waals surface area contributed by atoms with Crippen LogP contribution in [0.5, 0.6) is 0 Å². The van der Waals surface area contributed by atoms with Crippen molar-refractivity contribution in [3.63, 3.8) is 0 Å². The van der Waals surface area contributed by atoms with Crippen LogP contribution in [0.3, 0.4) is 0 Å². The molecule has 1 aromatic heterocycles. The molecule has 23 heavy (non-hydrogen) atoms. The van der Waals surface area contributed by atoms with E-state index in [2.05, 4.69) is 11.9 Å². The molecule has 0 bridgehead atoms. The zero-order valence-corrected chi connectivity index (χ0v) is 14.9. The van der Waals surface area contributed by atoms with E-state index in [0.29, 0.717) is 18.3 Å². The Morgan fingerprint density at radius 3 is 2.83 bits per heavy atom. The maximum absolute atomic E-state index is 12.8. The number of nitrogens with zero attached hydrogens (tertiary/aromatic N) is 2. The molecular weight excluding hydrogens is 310 g/mol. The van der Waals surface area contributed by atoms with E-state index in [-0.39, 0.29) is 17.4 Å². The maximum atomic E-state index is 12.8. The first-order chi connectivity index (χ1) is 11.1. The predicted octanol–water partition coefficient (Wildman–Crippen LogP) is 2.80. The van der Waals surface area contributed by atoms with E-state index in [4.69, 9.17) is 10.5 Å². The molecule has 2 atom stereocenters. The van der Waals surface area contributed by atoms with Crippen LogP contribution >= 0.6 is 11.3 Å². The standard InChI is InChI=1S/C17H27N3O2S/c1-3-22-14-9-13(17(14)7-5-4-6-8-17)20(2)16(21)12-11-23-15(10-18)19-12/h11,13-14H,3-10,18H2,1-2H3. The van der Waals surface area contributed by atoms with Crippen LogP contribution in [0.15, 0.2) is 5.38 Å². The Hall–Kier alpha value is -0.980. The Morgan fingerprint density at radius 1 is 1.48 bits per heavy atom. The minimum Gasteiger partial charge on any atom is -0.378 e. The number of carbonyl (C=O) groups is 1. The summed E-state index contributed by atoms with van der Waals surface area (Å²) in [6.45, 7) is 3.20. The quantitative estimate of drug-likeness (QED) is 0.897. The van der Waals surface area contributed by atoms with E-state index in [0.717, 1.165) is 18.0 Å². The lowest BCUT2D eigenvalue weighted by Crippen LogP contribution is -2.65. The summed E-state index contributed by atoms with van der Waals surface area (Å²) in [5.74, 6) is 0.0193. The van der Waals surface area contributed by atoms with Gasteiger partial charge in [-0.2, -0.15) is 0 Å². The average molecular weight is 337 g/mol. The van der Waals surface area contributed by atoms with Crippen molar-refractivity contribution in [1.29, 1.82) is 0 Å². The molecule has 2 aliphatic rings. The summed E-state index contributed by atoms with van der Waals surface area (Å²) in [6.07, 6.45) is 7.39. The average Bonchev–Trinajstić information content (AvgIpc) is 3.07. The largest absolute Gasteiger partial charge is 0.378 e. The molecule has 5 nitrogen and oxygen atoms in total. The van der Waals surface area contributed by atoms with Crippen molar-refractivity contribution in [2.75, 3.05) is 13.7 Å². The molecule has 2 fully saturated rings. The Kier molecular flexibility index (Phi) is 5.04. The van der Waals surface area contributed by atoms with Crippen molar-refractivity contribution in [1.82, 2.24) is 9.88 Å². The fourth-order valence-corrected chi connectivity index (χ4v) is 5.04. The van der Waals surface area contributed by atoms with Gasteiger partial charge in [0.2, 0.25) is 0 Å². The molecule has 6 heteroatoms. The van der Waals surface area contributed by atoms with E-state index in [9.17, 15) is 4.79 Å². The highest BCUT2D eigenvalue weighted by molar-refractivity contribution is 7.09. The lowest BCUT2D eigenvalue weighted by molar-refractivity contribution is -0.170. The van der Waals surface area contributed by atoms with Crippen LogP contribution in [0.25, 0.3) is 0 Å². The first-order valence-corrected chi connectivity index (χ1v) is 9.53. The van der Waals surface area contributed by atoms with Crippen LogP contribution in [-0.2, 0) is 11.3 Å². The summed E-state index contributed by atoms with van der Waals surface area (Å²) in [4.78, 5) is 19.1. The summed E-state index contributed by atoms with van der Waals surface area (Å²) >= 11 is 1.46. The number of aromatic nitrogens is 1. The highest BCUT2D eigenvalue weighted by atomic mass is 32.1. The molecular formula is C17H27N3O2S. The third kappa shape index (κ3) is 2.92. The second-order valence-electron chi connectivity index (χ2n) is 6.74. The topological polar surface area (TPSA) is 68.5 Å². The molecule has 2 aliphatic carbocycles. The molecule has 0 aliphatic heterocycles. The number of hydrogen-bond donors (Lipinski definition) is 1. The zero-order chi connectivity index (χ0) is 16.4. The number of hydrogen-bond acceptors (Lipinski definition) is 5. The SMILES string of the molecule is CCOC1CC(N(C)C(=O)c2csc(CN)n2)C12CCCCC2. The summed E-state index contributed by atoms with van der Waals surface area (Å²) in [5.41, 5.74) is 6.30. The minimum atomic E-state index is 0.0193. The molecule has 2 saturated carbocycles. The summed E-state index contributed by atoms with van der Waals surface area (Å²) in [5, 5.41) is 2.64. The highest BCUT2D eigenvalue weighted by Crippen LogP contribution is 2.55. The summed E-state index contributed by atoms with van der Waals surface area (Å²) in [7, 11) is 1.92. The molecule has 0 saturated heterocycles. The molecule has 1 heterocycles. The number of thiazole rings is 1. The smallest absolute Gasteiger partial charge is 0.273 e. The van der Waals surface area contributed by atoms with Gasteiger partial charge in [-0.1, -0.05) is 19.3 Å². The van der Waals surface area contributed by atoms with Gasteiger partial charge in [-0.15, -0.1) is 11.3 Å². The monoisotopic (exact) mass is 337 g/mol. The summed E-state index contributed by atoms with van der Waals surface area (Å²) < 4.78 is 5.99. The van der Waals surface area contributed by atoms with Gasteiger partial charge >= 0.3 is 0 Å². The molecule has 2 unspecified atom stereocenters. The van der Waals surface area contributed by atoms with Crippen molar-refractivity contribution in [2.24, 2.45) is 11.1 Å². The minimum absolute atomic E-state index is 0.0193. The first-order valence-electron chi connectivity index (χ1n) is 8.65. The molecule has 0 radical (unpaired) electrons. The van der Waals surface area contributed by atoms with Crippen molar-refractivity contribution < 1.29 is 9.53 Å². The second kappa shape index (κ2) is 6.87. The van der Waals surface area contributed by atoms with Gasteiger partial charge in [-0.25, -0.2) is 4.98 Å². The Morgan fingerprint density at radius 2 is 2.22 bits per heavy atom. The molecule has 2 N–H and O–H groups in total. The van der Waals surface area contributed by atoms with E-state index < -0.39 is 0 Å². The van der Waals surface area contributed by atoms with Gasteiger partial charge in [0.15, 0.2) is 0 Å². The Bertz CT molecular complexity index is 554. The van der Waals surface area contributed by atoms with Crippen molar-refractivity contribution in [3.8, 4) is 0 Å². The van der Waals surface area contributed by atoms with Crippen LogP contribution in [0.1, 0.15) is 60.9 Å². The first kappa shape index (κ1) is 16.9. The zero-order valence-electron chi connectivity index (χ0n) is 14.1. The molecule has 0 aromatic carbocycles. The molecule has 1 amide bonds.